The second kappa shape index (κ2) is 7.35. The van der Waals surface area contributed by atoms with Crippen LogP contribution >= 0.6 is 0 Å². The number of hydrogen-bond donors (Lipinski definition) is 1. The van der Waals surface area contributed by atoms with Gasteiger partial charge in [-0.1, -0.05) is 0 Å². The number of nitrogens with one attached hydrogen (secondary N) is 1. The number of nitrogens with zero attached hydrogens (tertiary/aromatic N) is 3. The van der Waals surface area contributed by atoms with Gasteiger partial charge in [0.15, 0.2) is 5.65 Å². The molecule has 1 fully saturated rings. The van der Waals surface area contributed by atoms with Gasteiger partial charge in [-0.3, -0.25) is 0 Å². The van der Waals surface area contributed by atoms with E-state index in [0.717, 1.165) is 49.1 Å². The smallest absolute Gasteiger partial charge is 0.410 e. The summed E-state index contributed by atoms with van der Waals surface area (Å²) in [7, 11) is 0. The first kappa shape index (κ1) is 17.6. The molecule has 1 atom stereocenters. The number of likely N-dealkylation sites (tertiary alicyclic amines) is 1. The van der Waals surface area contributed by atoms with Crippen LogP contribution in [0.15, 0.2) is 30.6 Å². The summed E-state index contributed by atoms with van der Waals surface area (Å²) in [6.07, 6.45) is 5.41. The Bertz CT molecular complexity index is 742. The zero-order valence-corrected chi connectivity index (χ0v) is 15.2. The largest absolute Gasteiger partial charge is 0.444 e. The van der Waals surface area contributed by atoms with Crippen LogP contribution in [0.2, 0.25) is 0 Å². The van der Waals surface area contributed by atoms with E-state index in [9.17, 15) is 4.79 Å². The van der Waals surface area contributed by atoms with Crippen molar-refractivity contribution in [1.29, 1.82) is 0 Å². The molecule has 3 heterocycles. The number of hydrogen-bond acceptors (Lipinski definition) is 5. The molecule has 1 amide bonds. The molecule has 2 aromatic heterocycles. The van der Waals surface area contributed by atoms with Gasteiger partial charge in [0.05, 0.1) is 0 Å². The number of pyridine rings is 2. The maximum absolute atomic E-state index is 12.3. The highest BCUT2D eigenvalue weighted by Crippen LogP contribution is 2.20. The normalized spacial score (nSPS) is 17.9. The fourth-order valence-corrected chi connectivity index (χ4v) is 3.10. The van der Waals surface area contributed by atoms with Crippen molar-refractivity contribution in [3.8, 4) is 0 Å². The molecule has 1 aliphatic heterocycles. The van der Waals surface area contributed by atoms with E-state index >= 15 is 0 Å². The van der Waals surface area contributed by atoms with Gasteiger partial charge in [-0.15, -0.1) is 0 Å². The predicted octanol–water partition coefficient (Wildman–Crippen LogP) is 3.12. The number of carbonyl (C=O) groups excluding carboxylic acids is 1. The molecule has 2 aromatic rings. The highest BCUT2D eigenvalue weighted by atomic mass is 16.6. The molecule has 6 nitrogen and oxygen atoms in total. The number of amides is 1. The van der Waals surface area contributed by atoms with E-state index in [0.29, 0.717) is 0 Å². The molecule has 0 radical (unpaired) electrons. The standard InChI is InChI=1S/C19H26N4O2/c1-19(2,3)25-18(24)23-9-5-7-16(23)13-20-11-14-10-15-6-4-8-21-17(15)22-12-14/h4,6,8,10,12,16,20H,5,7,9,11,13H2,1-3H3/t16-/m0/s1. The van der Waals surface area contributed by atoms with Gasteiger partial charge < -0.3 is 15.0 Å². The summed E-state index contributed by atoms with van der Waals surface area (Å²) >= 11 is 0. The van der Waals surface area contributed by atoms with Crippen molar-refractivity contribution in [2.45, 2.75) is 51.8 Å². The Morgan fingerprint density at radius 3 is 3.04 bits per heavy atom. The lowest BCUT2D eigenvalue weighted by molar-refractivity contribution is 0.0226. The molecule has 0 aliphatic carbocycles. The molecule has 0 saturated carbocycles. The molecular weight excluding hydrogens is 316 g/mol. The molecule has 6 heteroatoms. The van der Waals surface area contributed by atoms with Gasteiger partial charge in [0.1, 0.15) is 5.60 Å². The zero-order chi connectivity index (χ0) is 17.9. The molecular formula is C19H26N4O2. The quantitative estimate of drug-likeness (QED) is 0.925. The van der Waals surface area contributed by atoms with Gasteiger partial charge in [-0.05, 0) is 57.4 Å². The summed E-state index contributed by atoms with van der Waals surface area (Å²) in [5.41, 5.74) is 1.42. The number of ether oxygens (including phenoxy) is 1. The van der Waals surface area contributed by atoms with Gasteiger partial charge in [0.2, 0.25) is 0 Å². The van der Waals surface area contributed by atoms with Crippen LogP contribution in [0.5, 0.6) is 0 Å². The first-order valence-electron chi connectivity index (χ1n) is 8.82. The third-order valence-electron chi connectivity index (χ3n) is 4.22. The van der Waals surface area contributed by atoms with E-state index in [-0.39, 0.29) is 12.1 Å². The monoisotopic (exact) mass is 342 g/mol. The Balaban J connectivity index is 1.54. The summed E-state index contributed by atoms with van der Waals surface area (Å²) in [6, 6.07) is 6.21. The third-order valence-corrected chi connectivity index (χ3v) is 4.22. The number of rotatable bonds is 4. The van der Waals surface area contributed by atoms with Crippen LogP contribution in [-0.4, -0.2) is 45.7 Å². The average molecular weight is 342 g/mol. The minimum Gasteiger partial charge on any atom is -0.444 e. The minimum absolute atomic E-state index is 0.185. The summed E-state index contributed by atoms with van der Waals surface area (Å²) < 4.78 is 5.51. The lowest BCUT2D eigenvalue weighted by Crippen LogP contribution is -2.44. The van der Waals surface area contributed by atoms with Crippen LogP contribution in [0.4, 0.5) is 4.79 Å². The van der Waals surface area contributed by atoms with Gasteiger partial charge in [0.25, 0.3) is 0 Å². The number of fused-ring (bicyclic) bond motifs is 1. The second-order valence-corrected chi connectivity index (χ2v) is 7.49. The molecule has 1 N–H and O–H groups in total. The van der Waals surface area contributed by atoms with Gasteiger partial charge in [-0.25, -0.2) is 14.8 Å². The second-order valence-electron chi connectivity index (χ2n) is 7.49. The average Bonchev–Trinajstić information content (AvgIpc) is 3.02. The van der Waals surface area contributed by atoms with Crippen molar-refractivity contribution in [3.63, 3.8) is 0 Å². The number of aromatic nitrogens is 2. The maximum atomic E-state index is 12.3. The van der Waals surface area contributed by atoms with Crippen molar-refractivity contribution in [3.05, 3.63) is 36.2 Å². The molecule has 0 spiro atoms. The Kier molecular flexibility index (Phi) is 5.18. The van der Waals surface area contributed by atoms with Gasteiger partial charge >= 0.3 is 6.09 Å². The molecule has 1 saturated heterocycles. The molecule has 1 aliphatic rings. The fourth-order valence-electron chi connectivity index (χ4n) is 3.10. The lowest BCUT2D eigenvalue weighted by Gasteiger charge is -2.28. The molecule has 0 aromatic carbocycles. The third kappa shape index (κ3) is 4.66. The van der Waals surface area contributed by atoms with Crippen molar-refractivity contribution in [2.75, 3.05) is 13.1 Å². The van der Waals surface area contributed by atoms with Crippen molar-refractivity contribution >= 4 is 17.1 Å². The van der Waals surface area contributed by atoms with Crippen LogP contribution in [-0.2, 0) is 11.3 Å². The summed E-state index contributed by atoms with van der Waals surface area (Å²) in [4.78, 5) is 22.8. The van der Waals surface area contributed by atoms with E-state index < -0.39 is 5.60 Å². The fraction of sp³-hybridized carbons (Fsp3) is 0.526. The van der Waals surface area contributed by atoms with E-state index in [1.165, 1.54) is 0 Å². The van der Waals surface area contributed by atoms with Crippen LogP contribution in [0, 0.1) is 0 Å². The predicted molar refractivity (Wildman–Crippen MR) is 97.2 cm³/mol. The highest BCUT2D eigenvalue weighted by Gasteiger charge is 2.31. The Labute approximate surface area is 148 Å². The van der Waals surface area contributed by atoms with Crippen LogP contribution in [0.1, 0.15) is 39.2 Å². The molecule has 134 valence electrons. The number of carbonyl (C=O) groups is 1. The Morgan fingerprint density at radius 2 is 2.24 bits per heavy atom. The van der Waals surface area contributed by atoms with E-state index in [2.05, 4.69) is 21.4 Å². The molecule has 3 rings (SSSR count). The van der Waals surface area contributed by atoms with Gasteiger partial charge in [-0.2, -0.15) is 0 Å². The van der Waals surface area contributed by atoms with Crippen molar-refractivity contribution in [1.82, 2.24) is 20.2 Å². The Hall–Kier alpha value is -2.21. The summed E-state index contributed by atoms with van der Waals surface area (Å²) in [5.74, 6) is 0. The summed E-state index contributed by atoms with van der Waals surface area (Å²) in [6.45, 7) is 7.94. The highest BCUT2D eigenvalue weighted by molar-refractivity contribution is 5.74. The molecule has 25 heavy (non-hydrogen) atoms. The molecule has 0 unspecified atom stereocenters. The molecule has 0 bridgehead atoms. The van der Waals surface area contributed by atoms with Crippen molar-refractivity contribution in [2.24, 2.45) is 0 Å². The van der Waals surface area contributed by atoms with E-state index in [1.54, 1.807) is 6.20 Å². The summed E-state index contributed by atoms with van der Waals surface area (Å²) in [5, 5.41) is 4.49. The topological polar surface area (TPSA) is 67.3 Å². The van der Waals surface area contributed by atoms with Crippen LogP contribution in [0.25, 0.3) is 11.0 Å². The SMILES string of the molecule is CC(C)(C)OC(=O)N1CCC[C@H]1CNCc1cnc2ncccc2c1. The zero-order valence-electron chi connectivity index (χ0n) is 15.2. The van der Waals surface area contributed by atoms with E-state index in [1.807, 2.05) is 44.0 Å². The van der Waals surface area contributed by atoms with Gasteiger partial charge in [0, 0.05) is 43.5 Å². The maximum Gasteiger partial charge on any atom is 0.410 e. The lowest BCUT2D eigenvalue weighted by atomic mass is 10.2. The van der Waals surface area contributed by atoms with E-state index in [4.69, 9.17) is 4.74 Å². The van der Waals surface area contributed by atoms with Crippen molar-refractivity contribution < 1.29 is 9.53 Å². The van der Waals surface area contributed by atoms with Crippen LogP contribution < -0.4 is 5.32 Å². The first-order valence-corrected chi connectivity index (χ1v) is 8.82. The Morgan fingerprint density at radius 1 is 1.40 bits per heavy atom. The van der Waals surface area contributed by atoms with Crippen LogP contribution in [0.3, 0.4) is 0 Å². The minimum atomic E-state index is -0.456. The first-order chi connectivity index (χ1) is 11.9.